The second-order valence-electron chi connectivity index (χ2n) is 6.40. The average Bonchev–Trinajstić information content (AvgIpc) is 3.05. The maximum atomic E-state index is 14.2. The molecule has 144 valence electrons. The van der Waals surface area contributed by atoms with Crippen LogP contribution in [0.4, 0.5) is 4.39 Å². The maximum Gasteiger partial charge on any atom is 0.125 e. The first-order chi connectivity index (χ1) is 13.2. The summed E-state index contributed by atoms with van der Waals surface area (Å²) in [5.74, 6) is 0.385. The van der Waals surface area contributed by atoms with Gasteiger partial charge in [0.15, 0.2) is 0 Å². The number of nitrogens with zero attached hydrogens (tertiary/aromatic N) is 1. The molecule has 6 heteroatoms. The number of aromatic nitrogens is 1. The van der Waals surface area contributed by atoms with Crippen LogP contribution in [-0.4, -0.2) is 30.2 Å². The van der Waals surface area contributed by atoms with Crippen molar-refractivity contribution in [3.8, 4) is 0 Å². The molecule has 0 aliphatic carbocycles. The minimum atomic E-state index is -0.228. The SMILES string of the molecule is Fc1cc(CNCCOCCCCl)c2ccn(Cc3ccc(Cl)cc3)c2c1. The highest BCUT2D eigenvalue weighted by Crippen LogP contribution is 2.23. The van der Waals surface area contributed by atoms with Crippen LogP contribution >= 0.6 is 23.2 Å². The van der Waals surface area contributed by atoms with E-state index in [1.165, 1.54) is 0 Å². The van der Waals surface area contributed by atoms with E-state index in [1.54, 1.807) is 12.1 Å². The second kappa shape index (κ2) is 10.1. The van der Waals surface area contributed by atoms with Gasteiger partial charge in [-0.15, -0.1) is 11.6 Å². The van der Waals surface area contributed by atoms with Gasteiger partial charge in [-0.25, -0.2) is 4.39 Å². The lowest BCUT2D eigenvalue weighted by Crippen LogP contribution is -2.19. The molecule has 1 N–H and O–H groups in total. The number of benzene rings is 2. The van der Waals surface area contributed by atoms with Crippen LogP contribution in [0.3, 0.4) is 0 Å². The van der Waals surface area contributed by atoms with Gasteiger partial charge in [0.25, 0.3) is 0 Å². The van der Waals surface area contributed by atoms with E-state index < -0.39 is 0 Å². The molecule has 0 spiro atoms. The van der Waals surface area contributed by atoms with Crippen molar-refractivity contribution in [2.75, 3.05) is 25.6 Å². The van der Waals surface area contributed by atoms with Crippen molar-refractivity contribution in [1.29, 1.82) is 0 Å². The number of rotatable bonds is 10. The first-order valence-electron chi connectivity index (χ1n) is 9.03. The maximum absolute atomic E-state index is 14.2. The summed E-state index contributed by atoms with van der Waals surface area (Å²) in [5.41, 5.74) is 2.95. The highest BCUT2D eigenvalue weighted by Gasteiger charge is 2.09. The van der Waals surface area contributed by atoms with Crippen LogP contribution in [-0.2, 0) is 17.8 Å². The van der Waals surface area contributed by atoms with Crippen molar-refractivity contribution < 1.29 is 9.13 Å². The molecule has 0 saturated heterocycles. The van der Waals surface area contributed by atoms with Crippen LogP contribution < -0.4 is 5.32 Å². The van der Waals surface area contributed by atoms with E-state index in [2.05, 4.69) is 9.88 Å². The smallest absolute Gasteiger partial charge is 0.125 e. The summed E-state index contributed by atoms with van der Waals surface area (Å²) in [4.78, 5) is 0. The summed E-state index contributed by atoms with van der Waals surface area (Å²) in [6.45, 7) is 3.27. The Labute approximate surface area is 169 Å². The molecule has 0 bridgehead atoms. The van der Waals surface area contributed by atoms with Gasteiger partial charge < -0.3 is 14.6 Å². The zero-order valence-corrected chi connectivity index (χ0v) is 16.6. The summed E-state index contributed by atoms with van der Waals surface area (Å²) in [5, 5.41) is 5.08. The molecule has 0 saturated carbocycles. The molecular formula is C21H23Cl2FN2O. The third-order valence-electron chi connectivity index (χ3n) is 4.37. The minimum absolute atomic E-state index is 0.228. The van der Waals surface area contributed by atoms with Crippen molar-refractivity contribution in [3.05, 3.63) is 70.6 Å². The highest BCUT2D eigenvalue weighted by atomic mass is 35.5. The van der Waals surface area contributed by atoms with Crippen molar-refractivity contribution in [2.45, 2.75) is 19.5 Å². The predicted molar refractivity (Wildman–Crippen MR) is 110 cm³/mol. The Morgan fingerprint density at radius 2 is 1.89 bits per heavy atom. The fraction of sp³-hybridized carbons (Fsp3) is 0.333. The van der Waals surface area contributed by atoms with Gasteiger partial charge in [0.2, 0.25) is 0 Å². The highest BCUT2D eigenvalue weighted by molar-refractivity contribution is 6.30. The standard InChI is InChI=1S/C21H23Cl2FN2O/c22-7-1-10-27-11-8-25-14-17-12-19(24)13-21-20(17)6-9-26(21)15-16-2-4-18(23)5-3-16/h2-6,9,12-13,25H,1,7-8,10-11,14-15H2. The van der Waals surface area contributed by atoms with Crippen molar-refractivity contribution >= 4 is 34.1 Å². The molecule has 0 aliphatic rings. The molecule has 0 atom stereocenters. The third kappa shape index (κ3) is 5.69. The molecule has 3 rings (SSSR count). The monoisotopic (exact) mass is 408 g/mol. The van der Waals surface area contributed by atoms with Crippen LogP contribution in [0.2, 0.25) is 5.02 Å². The Hall–Kier alpha value is -1.59. The summed E-state index contributed by atoms with van der Waals surface area (Å²) >= 11 is 11.6. The van der Waals surface area contributed by atoms with Crippen LogP contribution in [0, 0.1) is 5.82 Å². The summed E-state index contributed by atoms with van der Waals surface area (Å²) < 4.78 is 21.7. The van der Waals surface area contributed by atoms with Crippen LogP contribution in [0.25, 0.3) is 10.9 Å². The molecular weight excluding hydrogens is 386 g/mol. The first-order valence-corrected chi connectivity index (χ1v) is 9.95. The molecule has 27 heavy (non-hydrogen) atoms. The van der Waals surface area contributed by atoms with Gasteiger partial charge in [0.1, 0.15) is 5.82 Å². The molecule has 0 unspecified atom stereocenters. The van der Waals surface area contributed by atoms with Gasteiger partial charge in [-0.2, -0.15) is 0 Å². The van der Waals surface area contributed by atoms with Gasteiger partial charge in [0.05, 0.1) is 12.1 Å². The minimum Gasteiger partial charge on any atom is -0.380 e. The lowest BCUT2D eigenvalue weighted by molar-refractivity contribution is 0.137. The number of hydrogen-bond donors (Lipinski definition) is 1. The Morgan fingerprint density at radius 1 is 1.07 bits per heavy atom. The number of alkyl halides is 1. The van der Waals surface area contributed by atoms with Gasteiger partial charge in [-0.3, -0.25) is 0 Å². The first kappa shape index (κ1) is 20.2. The molecule has 3 nitrogen and oxygen atoms in total. The molecule has 1 aromatic heterocycles. The number of hydrogen-bond acceptors (Lipinski definition) is 2. The number of halogens is 3. The fourth-order valence-corrected chi connectivity index (χ4v) is 3.27. The summed E-state index contributed by atoms with van der Waals surface area (Å²) in [7, 11) is 0. The predicted octanol–water partition coefficient (Wildman–Crippen LogP) is 5.22. The molecule has 1 heterocycles. The third-order valence-corrected chi connectivity index (χ3v) is 4.89. The fourth-order valence-electron chi connectivity index (χ4n) is 3.03. The molecule has 0 aliphatic heterocycles. The van der Waals surface area contributed by atoms with Gasteiger partial charge >= 0.3 is 0 Å². The van der Waals surface area contributed by atoms with Gasteiger partial charge in [0, 0.05) is 48.7 Å². The molecule has 3 aromatic rings. The van der Waals surface area contributed by atoms with Crippen LogP contribution in [0.15, 0.2) is 48.7 Å². The van der Waals surface area contributed by atoms with E-state index in [9.17, 15) is 4.39 Å². The summed E-state index contributed by atoms with van der Waals surface area (Å²) in [6.07, 6.45) is 2.85. The topological polar surface area (TPSA) is 26.2 Å². The quantitative estimate of drug-likeness (QED) is 0.367. The Balaban J connectivity index is 1.66. The Kier molecular flexibility index (Phi) is 7.53. The van der Waals surface area contributed by atoms with Crippen molar-refractivity contribution in [1.82, 2.24) is 9.88 Å². The van der Waals surface area contributed by atoms with E-state index in [0.29, 0.717) is 43.8 Å². The Morgan fingerprint density at radius 3 is 2.67 bits per heavy atom. The summed E-state index contributed by atoms with van der Waals surface area (Å²) in [6, 6.07) is 12.9. The Bertz CT molecular complexity index is 864. The van der Waals surface area contributed by atoms with E-state index in [0.717, 1.165) is 28.5 Å². The lowest BCUT2D eigenvalue weighted by Gasteiger charge is -2.10. The van der Waals surface area contributed by atoms with Crippen LogP contribution in [0.5, 0.6) is 0 Å². The average molecular weight is 409 g/mol. The molecule has 0 fully saturated rings. The van der Waals surface area contributed by atoms with E-state index >= 15 is 0 Å². The number of nitrogens with one attached hydrogen (secondary N) is 1. The van der Waals surface area contributed by atoms with E-state index in [1.807, 2.05) is 36.5 Å². The molecule has 0 amide bonds. The van der Waals surface area contributed by atoms with E-state index in [-0.39, 0.29) is 5.82 Å². The zero-order chi connectivity index (χ0) is 19.1. The normalized spacial score (nSPS) is 11.4. The number of ether oxygens (including phenoxy) is 1. The lowest BCUT2D eigenvalue weighted by atomic mass is 10.1. The number of fused-ring (bicyclic) bond motifs is 1. The van der Waals surface area contributed by atoms with E-state index in [4.69, 9.17) is 27.9 Å². The zero-order valence-electron chi connectivity index (χ0n) is 15.1. The van der Waals surface area contributed by atoms with Crippen molar-refractivity contribution in [3.63, 3.8) is 0 Å². The van der Waals surface area contributed by atoms with Crippen molar-refractivity contribution in [2.24, 2.45) is 0 Å². The molecule has 2 aromatic carbocycles. The largest absolute Gasteiger partial charge is 0.380 e. The second-order valence-corrected chi connectivity index (χ2v) is 7.21. The molecule has 0 radical (unpaired) electrons. The van der Waals surface area contributed by atoms with Gasteiger partial charge in [-0.05, 0) is 47.9 Å². The van der Waals surface area contributed by atoms with Crippen LogP contribution in [0.1, 0.15) is 17.5 Å². The van der Waals surface area contributed by atoms with Gasteiger partial charge in [-0.1, -0.05) is 23.7 Å².